The molecule has 2 aromatic rings. The van der Waals surface area contributed by atoms with E-state index in [0.29, 0.717) is 6.54 Å². The van der Waals surface area contributed by atoms with E-state index in [1.54, 1.807) is 0 Å². The van der Waals surface area contributed by atoms with Crippen LogP contribution in [0.4, 0.5) is 4.79 Å². The number of amides is 2. The molecule has 2 rings (SSSR count). The van der Waals surface area contributed by atoms with Gasteiger partial charge < -0.3 is 10.6 Å². The maximum Gasteiger partial charge on any atom is 0.314 e. The third-order valence-corrected chi connectivity index (χ3v) is 3.93. The fraction of sp³-hybridized carbons (Fsp3) is 0.444. The Bertz CT molecular complexity index is 594. The molecule has 2 amide bonds. The number of aryl methyl sites for hydroxylation is 3. The molecule has 0 saturated carbocycles. The summed E-state index contributed by atoms with van der Waals surface area (Å²) in [6, 6.07) is 10.4. The SMILES string of the molecule is Cc1[nH]ncc1CCCNC(=O)N[C@@H](C)CCc1ccccc1. The van der Waals surface area contributed by atoms with Crippen LogP contribution >= 0.6 is 0 Å². The molecule has 124 valence electrons. The molecule has 5 heteroatoms. The first kappa shape index (κ1) is 17.1. The molecule has 0 saturated heterocycles. The number of H-pyrrole nitrogens is 1. The lowest BCUT2D eigenvalue weighted by Crippen LogP contribution is -2.41. The lowest BCUT2D eigenvalue weighted by Gasteiger charge is -2.14. The second-order valence-corrected chi connectivity index (χ2v) is 5.95. The molecule has 1 aromatic carbocycles. The van der Waals surface area contributed by atoms with Gasteiger partial charge in [0.2, 0.25) is 0 Å². The van der Waals surface area contributed by atoms with Crippen molar-refractivity contribution in [2.75, 3.05) is 6.54 Å². The zero-order valence-electron chi connectivity index (χ0n) is 13.9. The van der Waals surface area contributed by atoms with E-state index in [-0.39, 0.29) is 12.1 Å². The van der Waals surface area contributed by atoms with Crippen LogP contribution in [0.5, 0.6) is 0 Å². The highest BCUT2D eigenvalue weighted by Crippen LogP contribution is 2.06. The van der Waals surface area contributed by atoms with E-state index >= 15 is 0 Å². The number of hydrogen-bond donors (Lipinski definition) is 3. The molecule has 1 heterocycles. The van der Waals surface area contributed by atoms with E-state index in [0.717, 1.165) is 31.4 Å². The number of carbonyl (C=O) groups excluding carboxylic acids is 1. The molecule has 0 aliphatic heterocycles. The third-order valence-electron chi connectivity index (χ3n) is 3.93. The summed E-state index contributed by atoms with van der Waals surface area (Å²) in [6.07, 6.45) is 5.59. The minimum atomic E-state index is -0.0884. The number of benzene rings is 1. The van der Waals surface area contributed by atoms with E-state index in [2.05, 4.69) is 33.0 Å². The van der Waals surface area contributed by atoms with Crippen LogP contribution in [0.3, 0.4) is 0 Å². The number of rotatable bonds is 8. The highest BCUT2D eigenvalue weighted by Gasteiger charge is 2.07. The molecule has 0 radical (unpaired) electrons. The lowest BCUT2D eigenvalue weighted by molar-refractivity contribution is 0.237. The molecule has 5 nitrogen and oxygen atoms in total. The smallest absolute Gasteiger partial charge is 0.314 e. The molecule has 0 spiro atoms. The minimum Gasteiger partial charge on any atom is -0.338 e. The first-order chi connectivity index (χ1) is 11.1. The van der Waals surface area contributed by atoms with Gasteiger partial charge in [-0.15, -0.1) is 0 Å². The van der Waals surface area contributed by atoms with Crippen molar-refractivity contribution < 1.29 is 4.79 Å². The number of carbonyl (C=O) groups is 1. The largest absolute Gasteiger partial charge is 0.338 e. The fourth-order valence-electron chi connectivity index (χ4n) is 2.48. The Morgan fingerprint density at radius 1 is 1.26 bits per heavy atom. The number of aromatic amines is 1. The van der Waals surface area contributed by atoms with Gasteiger partial charge in [-0.2, -0.15) is 5.10 Å². The standard InChI is InChI=1S/C18H26N4O/c1-14(10-11-16-7-4-3-5-8-16)21-18(23)19-12-6-9-17-13-20-22-15(17)2/h3-5,7-8,13-14H,6,9-12H2,1-2H3,(H,20,22)(H2,19,21,23)/t14-/m0/s1. The zero-order chi connectivity index (χ0) is 16.5. The molecular weight excluding hydrogens is 288 g/mol. The lowest BCUT2D eigenvalue weighted by atomic mass is 10.1. The summed E-state index contributed by atoms with van der Waals surface area (Å²) in [6.45, 7) is 4.72. The third kappa shape index (κ3) is 6.14. The average molecular weight is 314 g/mol. The van der Waals surface area contributed by atoms with Gasteiger partial charge in [-0.3, -0.25) is 5.10 Å². The van der Waals surface area contributed by atoms with E-state index < -0.39 is 0 Å². The van der Waals surface area contributed by atoms with Crippen LogP contribution in [0.2, 0.25) is 0 Å². The van der Waals surface area contributed by atoms with Gasteiger partial charge in [0.15, 0.2) is 0 Å². The van der Waals surface area contributed by atoms with Crippen molar-refractivity contribution in [2.45, 2.75) is 45.6 Å². The van der Waals surface area contributed by atoms with Crippen LogP contribution in [0.1, 0.15) is 36.6 Å². The van der Waals surface area contributed by atoms with Crippen molar-refractivity contribution in [2.24, 2.45) is 0 Å². The van der Waals surface area contributed by atoms with Crippen LogP contribution in [-0.4, -0.2) is 28.8 Å². The van der Waals surface area contributed by atoms with Crippen molar-refractivity contribution >= 4 is 6.03 Å². The van der Waals surface area contributed by atoms with E-state index in [1.165, 1.54) is 11.1 Å². The minimum absolute atomic E-state index is 0.0884. The Morgan fingerprint density at radius 2 is 2.04 bits per heavy atom. The van der Waals surface area contributed by atoms with Crippen molar-refractivity contribution in [3.63, 3.8) is 0 Å². The second-order valence-electron chi connectivity index (χ2n) is 5.95. The predicted molar refractivity (Wildman–Crippen MR) is 92.4 cm³/mol. The van der Waals surface area contributed by atoms with Gasteiger partial charge in [-0.05, 0) is 50.7 Å². The van der Waals surface area contributed by atoms with Crippen molar-refractivity contribution in [1.82, 2.24) is 20.8 Å². The van der Waals surface area contributed by atoms with Gasteiger partial charge in [-0.25, -0.2) is 4.79 Å². The summed E-state index contributed by atoms with van der Waals surface area (Å²) < 4.78 is 0. The van der Waals surface area contributed by atoms with Crippen molar-refractivity contribution in [1.29, 1.82) is 0 Å². The number of aromatic nitrogens is 2. The molecular formula is C18H26N4O. The molecule has 0 bridgehead atoms. The quantitative estimate of drug-likeness (QED) is 0.656. The molecule has 1 aromatic heterocycles. The van der Waals surface area contributed by atoms with Crippen molar-refractivity contribution in [3.8, 4) is 0 Å². The second kappa shape index (κ2) is 8.98. The van der Waals surface area contributed by atoms with Crippen LogP contribution in [0, 0.1) is 6.92 Å². The highest BCUT2D eigenvalue weighted by molar-refractivity contribution is 5.74. The van der Waals surface area contributed by atoms with E-state index in [4.69, 9.17) is 0 Å². The Morgan fingerprint density at radius 3 is 2.74 bits per heavy atom. The Hall–Kier alpha value is -2.30. The molecule has 0 aliphatic carbocycles. The normalized spacial score (nSPS) is 11.9. The van der Waals surface area contributed by atoms with Crippen LogP contribution in [0.25, 0.3) is 0 Å². The summed E-state index contributed by atoms with van der Waals surface area (Å²) in [4.78, 5) is 11.9. The Kier molecular flexibility index (Phi) is 6.66. The number of urea groups is 1. The molecule has 23 heavy (non-hydrogen) atoms. The first-order valence-corrected chi connectivity index (χ1v) is 8.22. The Balaban J connectivity index is 1.58. The zero-order valence-corrected chi connectivity index (χ0v) is 13.9. The van der Waals surface area contributed by atoms with Gasteiger partial charge in [0, 0.05) is 18.3 Å². The molecule has 1 atom stereocenters. The van der Waals surface area contributed by atoms with Gasteiger partial charge in [0.1, 0.15) is 0 Å². The fourth-order valence-corrected chi connectivity index (χ4v) is 2.48. The van der Waals surface area contributed by atoms with Gasteiger partial charge in [0.05, 0.1) is 6.20 Å². The van der Waals surface area contributed by atoms with Gasteiger partial charge in [-0.1, -0.05) is 30.3 Å². The van der Waals surface area contributed by atoms with Gasteiger partial charge in [0.25, 0.3) is 0 Å². The number of hydrogen-bond acceptors (Lipinski definition) is 2. The van der Waals surface area contributed by atoms with E-state index in [1.807, 2.05) is 38.2 Å². The molecule has 0 fully saturated rings. The molecule has 3 N–H and O–H groups in total. The van der Waals surface area contributed by atoms with Crippen LogP contribution in [0.15, 0.2) is 36.5 Å². The maximum absolute atomic E-state index is 11.9. The summed E-state index contributed by atoms with van der Waals surface area (Å²) in [5, 5.41) is 12.8. The Labute approximate surface area is 137 Å². The maximum atomic E-state index is 11.9. The van der Waals surface area contributed by atoms with Crippen LogP contribution in [-0.2, 0) is 12.8 Å². The highest BCUT2D eigenvalue weighted by atomic mass is 16.2. The van der Waals surface area contributed by atoms with Crippen molar-refractivity contribution in [3.05, 3.63) is 53.3 Å². The summed E-state index contributed by atoms with van der Waals surface area (Å²) in [5.74, 6) is 0. The average Bonchev–Trinajstić information content (AvgIpc) is 2.96. The molecule has 0 aliphatic rings. The summed E-state index contributed by atoms with van der Waals surface area (Å²) in [5.41, 5.74) is 3.62. The number of nitrogens with zero attached hydrogens (tertiary/aromatic N) is 1. The monoisotopic (exact) mass is 314 g/mol. The van der Waals surface area contributed by atoms with Gasteiger partial charge >= 0.3 is 6.03 Å². The van der Waals surface area contributed by atoms with E-state index in [9.17, 15) is 4.79 Å². The topological polar surface area (TPSA) is 69.8 Å². The summed E-state index contributed by atoms with van der Waals surface area (Å²) in [7, 11) is 0. The first-order valence-electron chi connectivity index (χ1n) is 8.22. The summed E-state index contributed by atoms with van der Waals surface area (Å²) >= 11 is 0. The predicted octanol–water partition coefficient (Wildman–Crippen LogP) is 2.97. The molecule has 0 unspecified atom stereocenters. The number of nitrogens with one attached hydrogen (secondary N) is 3. The van der Waals surface area contributed by atoms with Crippen LogP contribution < -0.4 is 10.6 Å².